The van der Waals surface area contributed by atoms with E-state index in [0.29, 0.717) is 12.5 Å². The van der Waals surface area contributed by atoms with Gasteiger partial charge in [0.15, 0.2) is 0 Å². The summed E-state index contributed by atoms with van der Waals surface area (Å²) in [6.07, 6.45) is -1.82. The van der Waals surface area contributed by atoms with Crippen LogP contribution in [0.4, 0.5) is 19.0 Å². The Labute approximate surface area is 145 Å². The van der Waals surface area contributed by atoms with Gasteiger partial charge in [0.2, 0.25) is 0 Å². The molecule has 2 aromatic rings. The number of aryl methyl sites for hydroxylation is 1. The fourth-order valence-electron chi connectivity index (χ4n) is 3.85. The molecular formula is C19H20F3N3. The van der Waals surface area contributed by atoms with Gasteiger partial charge < -0.3 is 4.90 Å². The van der Waals surface area contributed by atoms with E-state index >= 15 is 0 Å². The third-order valence-electron chi connectivity index (χ3n) is 5.11. The summed E-state index contributed by atoms with van der Waals surface area (Å²) < 4.78 is 38.7. The van der Waals surface area contributed by atoms with Crippen LogP contribution in [0, 0.1) is 0 Å². The largest absolute Gasteiger partial charge is 0.417 e. The molecule has 0 spiro atoms. The second-order valence-electron chi connectivity index (χ2n) is 6.81. The highest BCUT2D eigenvalue weighted by Crippen LogP contribution is 2.36. The topological polar surface area (TPSA) is 19.4 Å². The molecule has 1 atom stereocenters. The van der Waals surface area contributed by atoms with Gasteiger partial charge in [-0.25, -0.2) is 4.98 Å². The quantitative estimate of drug-likeness (QED) is 0.825. The number of aromatic nitrogens is 1. The molecule has 1 unspecified atom stereocenters. The minimum absolute atomic E-state index is 0.328. The highest BCUT2D eigenvalue weighted by atomic mass is 19.4. The van der Waals surface area contributed by atoms with E-state index in [4.69, 9.17) is 0 Å². The van der Waals surface area contributed by atoms with Crippen LogP contribution in [-0.2, 0) is 19.1 Å². The summed E-state index contributed by atoms with van der Waals surface area (Å²) in [5.74, 6) is 0.739. The number of benzene rings is 1. The number of nitrogens with zero attached hydrogens (tertiary/aromatic N) is 3. The van der Waals surface area contributed by atoms with Crippen LogP contribution in [0.2, 0.25) is 0 Å². The monoisotopic (exact) mass is 347 g/mol. The summed E-state index contributed by atoms with van der Waals surface area (Å²) in [6.45, 7) is 3.55. The van der Waals surface area contributed by atoms with E-state index in [0.717, 1.165) is 50.2 Å². The van der Waals surface area contributed by atoms with Crippen molar-refractivity contribution in [2.75, 3.05) is 24.5 Å². The van der Waals surface area contributed by atoms with Gasteiger partial charge in [-0.2, -0.15) is 13.2 Å². The molecule has 4 rings (SSSR count). The Balaban J connectivity index is 1.49. The Bertz CT molecular complexity index is 745. The highest BCUT2D eigenvalue weighted by Gasteiger charge is 2.36. The zero-order chi connectivity index (χ0) is 17.4. The molecule has 3 heterocycles. The van der Waals surface area contributed by atoms with Gasteiger partial charge in [0.05, 0.1) is 5.56 Å². The van der Waals surface area contributed by atoms with Gasteiger partial charge in [0.1, 0.15) is 5.82 Å². The third kappa shape index (κ3) is 3.35. The lowest BCUT2D eigenvalue weighted by atomic mass is 9.95. The summed E-state index contributed by atoms with van der Waals surface area (Å²) in [7, 11) is 0. The normalized spacial score (nSPS) is 20.9. The van der Waals surface area contributed by atoms with Crippen LogP contribution in [0.5, 0.6) is 0 Å². The van der Waals surface area contributed by atoms with Crippen LogP contribution in [0.1, 0.15) is 23.1 Å². The first kappa shape index (κ1) is 16.4. The van der Waals surface area contributed by atoms with E-state index in [1.807, 2.05) is 18.2 Å². The SMILES string of the molecule is FC(F)(F)c1cnc2c(c1)CCC1CN(Cc3ccccc3)CCN21. The molecule has 2 aliphatic heterocycles. The third-order valence-corrected chi connectivity index (χ3v) is 5.11. The molecule has 1 saturated heterocycles. The van der Waals surface area contributed by atoms with Gasteiger partial charge in [0, 0.05) is 38.4 Å². The molecule has 132 valence electrons. The number of hydrogen-bond acceptors (Lipinski definition) is 3. The lowest BCUT2D eigenvalue weighted by molar-refractivity contribution is -0.137. The molecule has 0 bridgehead atoms. The first-order chi connectivity index (χ1) is 12.0. The van der Waals surface area contributed by atoms with Gasteiger partial charge in [-0.15, -0.1) is 0 Å². The van der Waals surface area contributed by atoms with Crippen LogP contribution in [-0.4, -0.2) is 35.6 Å². The van der Waals surface area contributed by atoms with E-state index in [-0.39, 0.29) is 0 Å². The van der Waals surface area contributed by atoms with Crippen LogP contribution < -0.4 is 4.90 Å². The number of piperazine rings is 1. The van der Waals surface area contributed by atoms with Crippen molar-refractivity contribution in [3.05, 3.63) is 59.3 Å². The number of halogens is 3. The molecule has 0 aliphatic carbocycles. The lowest BCUT2D eigenvalue weighted by Gasteiger charge is -2.45. The number of pyridine rings is 1. The predicted octanol–water partition coefficient (Wildman–Crippen LogP) is 3.74. The molecule has 0 amide bonds. The Morgan fingerprint density at radius 1 is 1.12 bits per heavy atom. The van der Waals surface area contributed by atoms with Gasteiger partial charge in [0.25, 0.3) is 0 Å². The number of alkyl halides is 3. The molecule has 1 aromatic heterocycles. The van der Waals surface area contributed by atoms with Crippen molar-refractivity contribution < 1.29 is 13.2 Å². The second kappa shape index (κ2) is 6.33. The molecule has 0 radical (unpaired) electrons. The molecule has 1 fully saturated rings. The highest BCUT2D eigenvalue weighted by molar-refractivity contribution is 5.52. The average molecular weight is 347 g/mol. The molecular weight excluding hydrogens is 327 g/mol. The van der Waals surface area contributed by atoms with Crippen molar-refractivity contribution in [3.63, 3.8) is 0 Å². The summed E-state index contributed by atoms with van der Waals surface area (Å²) in [4.78, 5) is 8.78. The van der Waals surface area contributed by atoms with Crippen LogP contribution in [0.15, 0.2) is 42.6 Å². The van der Waals surface area contributed by atoms with Crippen LogP contribution in [0.25, 0.3) is 0 Å². The van der Waals surface area contributed by atoms with E-state index in [9.17, 15) is 13.2 Å². The standard InChI is InChI=1S/C19H20F3N3/c20-19(21,22)16-10-15-6-7-17-13-24(12-14-4-2-1-3-5-14)8-9-25(17)18(15)23-11-16/h1-5,10-11,17H,6-9,12-13H2. The minimum atomic E-state index is -4.33. The first-order valence-corrected chi connectivity index (χ1v) is 8.60. The van der Waals surface area contributed by atoms with Crippen molar-refractivity contribution in [3.8, 4) is 0 Å². The fraction of sp³-hybridized carbons (Fsp3) is 0.421. The second-order valence-corrected chi connectivity index (χ2v) is 6.81. The zero-order valence-corrected chi connectivity index (χ0v) is 13.8. The maximum Gasteiger partial charge on any atom is 0.417 e. The summed E-state index contributed by atoms with van der Waals surface area (Å²) in [5.41, 5.74) is 1.37. The number of fused-ring (bicyclic) bond motifs is 3. The number of anilines is 1. The van der Waals surface area contributed by atoms with Crippen LogP contribution in [0.3, 0.4) is 0 Å². The fourth-order valence-corrected chi connectivity index (χ4v) is 3.85. The van der Waals surface area contributed by atoms with Gasteiger partial charge >= 0.3 is 6.18 Å². The number of hydrogen-bond donors (Lipinski definition) is 0. The molecule has 2 aliphatic rings. The summed E-state index contributed by atoms with van der Waals surface area (Å²) in [6, 6.07) is 12.0. The molecule has 0 N–H and O–H groups in total. The molecule has 6 heteroatoms. The average Bonchev–Trinajstić information content (AvgIpc) is 2.61. The molecule has 1 aromatic carbocycles. The Morgan fingerprint density at radius 2 is 1.92 bits per heavy atom. The van der Waals surface area contributed by atoms with Crippen molar-refractivity contribution in [2.45, 2.75) is 31.6 Å². The van der Waals surface area contributed by atoms with Gasteiger partial charge in [-0.1, -0.05) is 30.3 Å². The van der Waals surface area contributed by atoms with E-state index in [2.05, 4.69) is 26.9 Å². The van der Waals surface area contributed by atoms with E-state index < -0.39 is 11.7 Å². The van der Waals surface area contributed by atoms with Gasteiger partial charge in [-0.3, -0.25) is 4.90 Å². The van der Waals surface area contributed by atoms with Crippen molar-refractivity contribution in [1.29, 1.82) is 0 Å². The number of rotatable bonds is 2. The summed E-state index contributed by atoms with van der Waals surface area (Å²) >= 11 is 0. The minimum Gasteiger partial charge on any atom is -0.351 e. The molecule has 0 saturated carbocycles. The van der Waals surface area contributed by atoms with Crippen molar-refractivity contribution in [2.24, 2.45) is 0 Å². The predicted molar refractivity (Wildman–Crippen MR) is 90.4 cm³/mol. The zero-order valence-electron chi connectivity index (χ0n) is 13.8. The smallest absolute Gasteiger partial charge is 0.351 e. The van der Waals surface area contributed by atoms with E-state index in [1.54, 1.807) is 0 Å². The maximum atomic E-state index is 12.9. The molecule has 25 heavy (non-hydrogen) atoms. The molecule has 3 nitrogen and oxygen atoms in total. The van der Waals surface area contributed by atoms with Crippen molar-refractivity contribution in [1.82, 2.24) is 9.88 Å². The van der Waals surface area contributed by atoms with Crippen LogP contribution >= 0.6 is 0 Å². The van der Waals surface area contributed by atoms with E-state index in [1.165, 1.54) is 11.6 Å². The first-order valence-electron chi connectivity index (χ1n) is 8.60. The maximum absolute atomic E-state index is 12.9. The Hall–Kier alpha value is -2.08. The van der Waals surface area contributed by atoms with Crippen molar-refractivity contribution >= 4 is 5.82 Å². The Kier molecular flexibility index (Phi) is 4.15. The lowest BCUT2D eigenvalue weighted by Crippen LogP contribution is -2.55. The Morgan fingerprint density at radius 3 is 2.68 bits per heavy atom. The van der Waals surface area contributed by atoms with Gasteiger partial charge in [-0.05, 0) is 30.0 Å². The summed E-state index contributed by atoms with van der Waals surface area (Å²) in [5, 5.41) is 0.